The Kier molecular flexibility index (Phi) is 6.08. The first kappa shape index (κ1) is 15.9. The lowest BCUT2D eigenvalue weighted by molar-refractivity contribution is 0.0678. The van der Waals surface area contributed by atoms with Crippen LogP contribution in [0.5, 0.6) is 0 Å². The van der Waals surface area contributed by atoms with Gasteiger partial charge in [-0.25, -0.2) is 8.42 Å². The van der Waals surface area contributed by atoms with Gasteiger partial charge in [-0.3, -0.25) is 4.90 Å². The third-order valence-corrected chi connectivity index (χ3v) is 6.01. The van der Waals surface area contributed by atoms with Crippen molar-refractivity contribution in [2.24, 2.45) is 5.73 Å². The minimum absolute atomic E-state index is 0.0518. The molecule has 1 fully saturated rings. The van der Waals surface area contributed by atoms with Crippen molar-refractivity contribution in [1.82, 2.24) is 4.90 Å². The van der Waals surface area contributed by atoms with E-state index in [-0.39, 0.29) is 17.0 Å². The maximum absolute atomic E-state index is 11.6. The number of likely N-dealkylation sites (N-methyl/N-ethyl adjacent to an activating group) is 1. The Morgan fingerprint density at radius 2 is 1.78 bits per heavy atom. The van der Waals surface area contributed by atoms with Crippen molar-refractivity contribution in [3.8, 4) is 0 Å². The molecule has 1 saturated carbocycles. The Hall–Kier alpha value is -0.130. The van der Waals surface area contributed by atoms with Crippen molar-refractivity contribution in [1.29, 1.82) is 0 Å². The minimum atomic E-state index is -2.88. The second kappa shape index (κ2) is 6.87. The fourth-order valence-electron chi connectivity index (χ4n) is 2.98. The Morgan fingerprint density at radius 3 is 2.22 bits per heavy atom. The molecule has 0 atom stereocenters. The van der Waals surface area contributed by atoms with Gasteiger partial charge in [-0.1, -0.05) is 33.1 Å². The lowest BCUT2D eigenvalue weighted by Gasteiger charge is -2.45. The van der Waals surface area contributed by atoms with E-state index in [4.69, 9.17) is 5.73 Å². The van der Waals surface area contributed by atoms with E-state index in [0.717, 1.165) is 19.4 Å². The average Bonchev–Trinajstić information content (AvgIpc) is 2.40. The standard InChI is InChI=1S/C13H28N2O2S/c1-3-15(10-11-18(16,17)4-2)13(12-14)8-6-5-7-9-13/h3-12,14H2,1-2H3. The average molecular weight is 276 g/mol. The third kappa shape index (κ3) is 3.93. The van der Waals surface area contributed by atoms with Crippen molar-refractivity contribution in [2.75, 3.05) is 31.1 Å². The lowest BCUT2D eigenvalue weighted by Crippen LogP contribution is -2.56. The zero-order valence-electron chi connectivity index (χ0n) is 11.8. The summed E-state index contributed by atoms with van der Waals surface area (Å²) in [5, 5.41) is 0. The predicted octanol–water partition coefficient (Wildman–Crippen LogP) is 1.40. The molecule has 0 saturated heterocycles. The predicted molar refractivity (Wildman–Crippen MR) is 76.4 cm³/mol. The highest BCUT2D eigenvalue weighted by molar-refractivity contribution is 7.91. The van der Waals surface area contributed by atoms with Crippen molar-refractivity contribution >= 4 is 9.84 Å². The van der Waals surface area contributed by atoms with Crippen LogP contribution < -0.4 is 5.73 Å². The SMILES string of the molecule is CCN(CCS(=O)(=O)CC)C1(CN)CCCCC1. The highest BCUT2D eigenvalue weighted by Crippen LogP contribution is 2.32. The summed E-state index contributed by atoms with van der Waals surface area (Å²) in [5.74, 6) is 0.499. The molecule has 0 spiro atoms. The Morgan fingerprint density at radius 1 is 1.17 bits per heavy atom. The fourth-order valence-corrected chi connectivity index (χ4v) is 3.77. The molecule has 0 aliphatic heterocycles. The summed E-state index contributed by atoms with van der Waals surface area (Å²) in [6.45, 7) is 5.98. The van der Waals surface area contributed by atoms with E-state index in [1.165, 1.54) is 19.3 Å². The van der Waals surface area contributed by atoms with Crippen molar-refractivity contribution in [2.45, 2.75) is 51.5 Å². The molecule has 18 heavy (non-hydrogen) atoms. The molecule has 0 bridgehead atoms. The van der Waals surface area contributed by atoms with Crippen LogP contribution in [0, 0.1) is 0 Å². The van der Waals surface area contributed by atoms with Crippen LogP contribution in [-0.4, -0.2) is 50.0 Å². The Balaban J connectivity index is 2.68. The summed E-state index contributed by atoms with van der Waals surface area (Å²) in [4.78, 5) is 2.30. The highest BCUT2D eigenvalue weighted by atomic mass is 32.2. The van der Waals surface area contributed by atoms with Gasteiger partial charge in [0.15, 0.2) is 9.84 Å². The van der Waals surface area contributed by atoms with Crippen LogP contribution in [0.4, 0.5) is 0 Å². The molecular formula is C13H28N2O2S. The first-order valence-electron chi connectivity index (χ1n) is 7.15. The Bertz CT molecular complexity index is 335. The van der Waals surface area contributed by atoms with Crippen LogP contribution in [0.25, 0.3) is 0 Å². The van der Waals surface area contributed by atoms with Crippen molar-refractivity contribution < 1.29 is 8.42 Å². The number of nitrogens with zero attached hydrogens (tertiary/aromatic N) is 1. The molecule has 0 aromatic carbocycles. The number of nitrogens with two attached hydrogens (primary N) is 1. The van der Waals surface area contributed by atoms with E-state index in [1.54, 1.807) is 6.92 Å². The van der Waals surface area contributed by atoms with E-state index in [0.29, 0.717) is 13.1 Å². The van der Waals surface area contributed by atoms with E-state index in [9.17, 15) is 8.42 Å². The topological polar surface area (TPSA) is 63.4 Å². The summed E-state index contributed by atoms with van der Waals surface area (Å²) in [6.07, 6.45) is 5.95. The van der Waals surface area contributed by atoms with Crippen molar-refractivity contribution in [3.05, 3.63) is 0 Å². The molecule has 0 aromatic rings. The number of sulfone groups is 1. The van der Waals surface area contributed by atoms with Crippen LogP contribution in [0.15, 0.2) is 0 Å². The van der Waals surface area contributed by atoms with Gasteiger partial charge < -0.3 is 5.73 Å². The molecule has 4 nitrogen and oxygen atoms in total. The van der Waals surface area contributed by atoms with Crippen LogP contribution in [-0.2, 0) is 9.84 Å². The van der Waals surface area contributed by atoms with Crippen LogP contribution in [0.2, 0.25) is 0 Å². The minimum Gasteiger partial charge on any atom is -0.329 e. The van der Waals surface area contributed by atoms with Gasteiger partial charge in [0.1, 0.15) is 0 Å². The van der Waals surface area contributed by atoms with E-state index in [1.807, 2.05) is 0 Å². The molecule has 2 N–H and O–H groups in total. The molecule has 0 amide bonds. The molecule has 1 rings (SSSR count). The summed E-state index contributed by atoms with van der Waals surface area (Å²) < 4.78 is 23.3. The highest BCUT2D eigenvalue weighted by Gasteiger charge is 2.36. The zero-order chi connectivity index (χ0) is 13.6. The largest absolute Gasteiger partial charge is 0.329 e. The van der Waals surface area contributed by atoms with Crippen molar-refractivity contribution in [3.63, 3.8) is 0 Å². The number of hydrogen-bond acceptors (Lipinski definition) is 4. The second-order valence-electron chi connectivity index (χ2n) is 5.31. The normalized spacial score (nSPS) is 20.2. The van der Waals surface area contributed by atoms with Gasteiger partial charge in [-0.15, -0.1) is 0 Å². The third-order valence-electron chi connectivity index (χ3n) is 4.33. The molecule has 1 aliphatic carbocycles. The van der Waals surface area contributed by atoms with E-state index >= 15 is 0 Å². The summed E-state index contributed by atoms with van der Waals surface area (Å²) in [6, 6.07) is 0. The van der Waals surface area contributed by atoms with Gasteiger partial charge in [0, 0.05) is 24.4 Å². The quantitative estimate of drug-likeness (QED) is 0.763. The number of hydrogen-bond donors (Lipinski definition) is 1. The van der Waals surface area contributed by atoms with Gasteiger partial charge in [0.2, 0.25) is 0 Å². The van der Waals surface area contributed by atoms with Gasteiger partial charge in [0.25, 0.3) is 0 Å². The number of rotatable bonds is 7. The van der Waals surface area contributed by atoms with Gasteiger partial charge in [-0.2, -0.15) is 0 Å². The fraction of sp³-hybridized carbons (Fsp3) is 1.00. The van der Waals surface area contributed by atoms with Gasteiger partial charge in [0.05, 0.1) is 5.75 Å². The summed E-state index contributed by atoms with van der Waals surface area (Å²) in [7, 11) is -2.88. The molecule has 108 valence electrons. The van der Waals surface area contributed by atoms with E-state index < -0.39 is 9.84 Å². The molecule has 0 radical (unpaired) electrons. The van der Waals surface area contributed by atoms with Crippen LogP contribution in [0.1, 0.15) is 46.0 Å². The molecule has 5 heteroatoms. The maximum atomic E-state index is 11.6. The zero-order valence-corrected chi connectivity index (χ0v) is 12.6. The molecular weight excluding hydrogens is 248 g/mol. The Labute approximate surface area is 112 Å². The van der Waals surface area contributed by atoms with Gasteiger partial charge >= 0.3 is 0 Å². The van der Waals surface area contributed by atoms with Crippen LogP contribution >= 0.6 is 0 Å². The molecule has 0 unspecified atom stereocenters. The second-order valence-corrected chi connectivity index (χ2v) is 7.78. The molecule has 0 aromatic heterocycles. The first-order valence-corrected chi connectivity index (χ1v) is 8.97. The lowest BCUT2D eigenvalue weighted by atomic mass is 9.80. The smallest absolute Gasteiger partial charge is 0.151 e. The molecule has 1 aliphatic rings. The van der Waals surface area contributed by atoms with Gasteiger partial charge in [-0.05, 0) is 19.4 Å². The van der Waals surface area contributed by atoms with Crippen LogP contribution in [0.3, 0.4) is 0 Å². The monoisotopic (exact) mass is 276 g/mol. The maximum Gasteiger partial charge on any atom is 0.151 e. The summed E-state index contributed by atoms with van der Waals surface area (Å²) >= 11 is 0. The summed E-state index contributed by atoms with van der Waals surface area (Å²) in [5.41, 5.74) is 6.05. The van der Waals surface area contributed by atoms with E-state index in [2.05, 4.69) is 11.8 Å². The molecule has 0 heterocycles. The first-order chi connectivity index (χ1) is 8.49.